The van der Waals surface area contributed by atoms with Crippen LogP contribution in [0.15, 0.2) is 47.8 Å². The molecule has 0 saturated heterocycles. The molecule has 0 saturated carbocycles. The molecule has 0 aliphatic heterocycles. The fourth-order valence-electron chi connectivity index (χ4n) is 2.34. The number of nitrogens with zero attached hydrogens (tertiary/aromatic N) is 1. The number of hydrogen-bond acceptors (Lipinski definition) is 4. The maximum absolute atomic E-state index is 11.3. The first kappa shape index (κ1) is 12.5. The first-order valence-corrected chi connectivity index (χ1v) is 8.09. The van der Waals surface area contributed by atoms with E-state index in [0.717, 1.165) is 20.8 Å². The second kappa shape index (κ2) is 4.65. The Morgan fingerprint density at radius 3 is 2.81 bits per heavy atom. The number of thiazole rings is 1. The van der Waals surface area contributed by atoms with E-state index in [1.807, 2.05) is 24.3 Å². The minimum Gasteiger partial charge on any atom is -0.366 e. The van der Waals surface area contributed by atoms with E-state index in [1.54, 1.807) is 28.7 Å². The van der Waals surface area contributed by atoms with E-state index in [0.29, 0.717) is 5.56 Å². The van der Waals surface area contributed by atoms with Gasteiger partial charge in [0.1, 0.15) is 5.01 Å². The maximum Gasteiger partial charge on any atom is 0.248 e. The van der Waals surface area contributed by atoms with Gasteiger partial charge < -0.3 is 5.73 Å². The Balaban J connectivity index is 1.92. The van der Waals surface area contributed by atoms with E-state index in [9.17, 15) is 4.79 Å². The summed E-state index contributed by atoms with van der Waals surface area (Å²) in [5.74, 6) is -0.409. The van der Waals surface area contributed by atoms with Gasteiger partial charge in [0.2, 0.25) is 5.91 Å². The zero-order valence-corrected chi connectivity index (χ0v) is 12.5. The molecular weight excluding hydrogens is 300 g/mol. The predicted octanol–water partition coefficient (Wildman–Crippen LogP) is 4.28. The molecule has 3 nitrogen and oxygen atoms in total. The Morgan fingerprint density at radius 2 is 1.95 bits per heavy atom. The molecule has 0 aliphatic rings. The fraction of sp³-hybridized carbons (Fsp3) is 0. The van der Waals surface area contributed by atoms with Gasteiger partial charge >= 0.3 is 0 Å². The Morgan fingerprint density at radius 1 is 1.10 bits per heavy atom. The highest BCUT2D eigenvalue weighted by Gasteiger charge is 2.12. The number of rotatable bonds is 2. The fourth-order valence-corrected chi connectivity index (χ4v) is 4.39. The van der Waals surface area contributed by atoms with E-state index < -0.39 is 5.91 Å². The number of hydrogen-bond donors (Lipinski definition) is 1. The van der Waals surface area contributed by atoms with E-state index in [4.69, 9.17) is 5.73 Å². The van der Waals surface area contributed by atoms with Gasteiger partial charge in [-0.15, -0.1) is 22.7 Å². The number of amides is 1. The summed E-state index contributed by atoms with van der Waals surface area (Å²) >= 11 is 3.31. The van der Waals surface area contributed by atoms with Crippen LogP contribution in [0.1, 0.15) is 10.4 Å². The molecule has 0 spiro atoms. The molecule has 102 valence electrons. The average molecular weight is 310 g/mol. The van der Waals surface area contributed by atoms with Crippen LogP contribution in [-0.4, -0.2) is 10.9 Å². The summed E-state index contributed by atoms with van der Waals surface area (Å²) < 4.78 is 2.24. The van der Waals surface area contributed by atoms with Crippen LogP contribution in [0.5, 0.6) is 0 Å². The average Bonchev–Trinajstić information content (AvgIpc) is 3.09. The number of fused-ring (bicyclic) bond motifs is 2. The van der Waals surface area contributed by atoms with Gasteiger partial charge in [0.15, 0.2) is 0 Å². The summed E-state index contributed by atoms with van der Waals surface area (Å²) in [6, 6.07) is 13.7. The van der Waals surface area contributed by atoms with E-state index in [2.05, 4.69) is 22.5 Å². The second-order valence-corrected chi connectivity index (χ2v) is 6.65. The Hall–Kier alpha value is -2.24. The molecule has 0 radical (unpaired) electrons. The van der Waals surface area contributed by atoms with Gasteiger partial charge in [-0.05, 0) is 24.3 Å². The minimum absolute atomic E-state index is 0.409. The molecule has 4 rings (SSSR count). The third-order valence-electron chi connectivity index (χ3n) is 3.38. The number of benzene rings is 2. The maximum atomic E-state index is 11.3. The van der Waals surface area contributed by atoms with Crippen molar-refractivity contribution in [1.82, 2.24) is 4.98 Å². The van der Waals surface area contributed by atoms with Gasteiger partial charge in [0.25, 0.3) is 0 Å². The quantitative estimate of drug-likeness (QED) is 0.601. The monoisotopic (exact) mass is 310 g/mol. The van der Waals surface area contributed by atoms with Crippen LogP contribution in [-0.2, 0) is 0 Å². The van der Waals surface area contributed by atoms with Crippen LogP contribution in [0.2, 0.25) is 0 Å². The molecule has 0 unspecified atom stereocenters. The molecule has 0 atom stereocenters. The van der Waals surface area contributed by atoms with Crippen molar-refractivity contribution in [2.24, 2.45) is 5.73 Å². The van der Waals surface area contributed by atoms with Gasteiger partial charge in [-0.3, -0.25) is 4.79 Å². The molecule has 5 heteroatoms. The van der Waals surface area contributed by atoms with Gasteiger partial charge in [-0.25, -0.2) is 4.98 Å². The lowest BCUT2D eigenvalue weighted by molar-refractivity contribution is 0.100. The summed E-state index contributed by atoms with van der Waals surface area (Å²) in [7, 11) is 0. The van der Waals surface area contributed by atoms with Gasteiger partial charge in [-0.2, -0.15) is 0 Å². The van der Waals surface area contributed by atoms with Crippen molar-refractivity contribution in [3.05, 3.63) is 53.4 Å². The number of carbonyl (C=O) groups excluding carboxylic acids is 1. The zero-order valence-electron chi connectivity index (χ0n) is 10.9. The highest BCUT2D eigenvalue weighted by Crippen LogP contribution is 2.37. The molecule has 0 bridgehead atoms. The number of aromatic nitrogens is 1. The number of thiophene rings is 1. The van der Waals surface area contributed by atoms with Crippen LogP contribution in [0.3, 0.4) is 0 Å². The third-order valence-corrected chi connectivity index (χ3v) is 5.40. The van der Waals surface area contributed by atoms with Crippen molar-refractivity contribution in [3.8, 4) is 10.6 Å². The van der Waals surface area contributed by atoms with Crippen LogP contribution < -0.4 is 5.73 Å². The minimum atomic E-state index is -0.409. The lowest BCUT2D eigenvalue weighted by atomic mass is 10.2. The molecule has 2 heterocycles. The van der Waals surface area contributed by atoms with Crippen molar-refractivity contribution in [2.75, 3.05) is 0 Å². The molecule has 0 fully saturated rings. The van der Waals surface area contributed by atoms with Crippen molar-refractivity contribution in [3.63, 3.8) is 0 Å². The van der Waals surface area contributed by atoms with Crippen molar-refractivity contribution >= 4 is 48.9 Å². The van der Waals surface area contributed by atoms with E-state index in [-0.39, 0.29) is 0 Å². The SMILES string of the molecule is NC(=O)c1ccc2nc(-c3csc4ccccc34)sc2c1. The molecule has 2 aromatic heterocycles. The first-order valence-electron chi connectivity index (χ1n) is 6.39. The molecule has 0 aliphatic carbocycles. The van der Waals surface area contributed by atoms with Crippen molar-refractivity contribution in [2.45, 2.75) is 0 Å². The number of nitrogens with two attached hydrogens (primary N) is 1. The first-order chi connectivity index (χ1) is 10.2. The normalized spacial score (nSPS) is 11.2. The lowest BCUT2D eigenvalue weighted by Gasteiger charge is -1.92. The second-order valence-electron chi connectivity index (χ2n) is 4.71. The molecule has 1 amide bonds. The highest BCUT2D eigenvalue weighted by atomic mass is 32.1. The Kier molecular flexibility index (Phi) is 2.77. The number of carbonyl (C=O) groups is 1. The molecule has 2 N–H and O–H groups in total. The smallest absolute Gasteiger partial charge is 0.248 e. The summed E-state index contributed by atoms with van der Waals surface area (Å²) in [6.45, 7) is 0. The summed E-state index contributed by atoms with van der Waals surface area (Å²) in [6.07, 6.45) is 0. The highest BCUT2D eigenvalue weighted by molar-refractivity contribution is 7.22. The van der Waals surface area contributed by atoms with Gasteiger partial charge in [-0.1, -0.05) is 18.2 Å². The summed E-state index contributed by atoms with van der Waals surface area (Å²) in [5, 5.41) is 4.33. The Bertz CT molecular complexity index is 984. The molecular formula is C16H10N2OS2. The molecule has 21 heavy (non-hydrogen) atoms. The van der Waals surface area contributed by atoms with Gasteiger partial charge in [0.05, 0.1) is 10.2 Å². The van der Waals surface area contributed by atoms with Crippen LogP contribution in [0.4, 0.5) is 0 Å². The topological polar surface area (TPSA) is 56.0 Å². The van der Waals surface area contributed by atoms with Crippen LogP contribution >= 0.6 is 22.7 Å². The Labute approximate surface area is 128 Å². The number of primary amides is 1. The van der Waals surface area contributed by atoms with Crippen molar-refractivity contribution in [1.29, 1.82) is 0 Å². The largest absolute Gasteiger partial charge is 0.366 e. The van der Waals surface area contributed by atoms with Crippen LogP contribution in [0, 0.1) is 0 Å². The summed E-state index contributed by atoms with van der Waals surface area (Å²) in [5.41, 5.74) is 7.90. The lowest BCUT2D eigenvalue weighted by Crippen LogP contribution is -2.10. The summed E-state index contributed by atoms with van der Waals surface area (Å²) in [4.78, 5) is 15.9. The third kappa shape index (κ3) is 2.02. The van der Waals surface area contributed by atoms with E-state index in [1.165, 1.54) is 10.1 Å². The van der Waals surface area contributed by atoms with E-state index >= 15 is 0 Å². The molecule has 4 aromatic rings. The van der Waals surface area contributed by atoms with Gasteiger partial charge in [0, 0.05) is 26.6 Å². The van der Waals surface area contributed by atoms with Crippen molar-refractivity contribution < 1.29 is 4.79 Å². The predicted molar refractivity (Wildman–Crippen MR) is 89.0 cm³/mol. The molecule has 2 aromatic carbocycles. The zero-order chi connectivity index (χ0) is 14.4. The van der Waals surface area contributed by atoms with Crippen LogP contribution in [0.25, 0.3) is 30.9 Å². The standard InChI is InChI=1S/C16H10N2OS2/c17-15(19)9-5-6-12-14(7-9)21-16(18-12)11-8-20-13-4-2-1-3-10(11)13/h1-8H,(H2,17,19).